The highest BCUT2D eigenvalue weighted by Crippen LogP contribution is 2.28. The fraction of sp³-hybridized carbons (Fsp3) is 0.479. The van der Waals surface area contributed by atoms with E-state index in [1.807, 2.05) is 18.2 Å². The normalized spacial score (nSPS) is 22.2. The number of guanidine groups is 1. The van der Waals surface area contributed by atoms with Gasteiger partial charge in [0.05, 0.1) is 25.0 Å². The summed E-state index contributed by atoms with van der Waals surface area (Å²) in [4.78, 5) is 221. The van der Waals surface area contributed by atoms with Crippen molar-refractivity contribution < 1.29 is 82.1 Å². The van der Waals surface area contributed by atoms with Gasteiger partial charge in [0, 0.05) is 87.0 Å². The van der Waals surface area contributed by atoms with Crippen molar-refractivity contribution >= 4 is 138 Å². The molecule has 3 saturated heterocycles. The SMILES string of the molecule is CC(=O)N[C@H]1CSSC[C@@H](C(=O)NN2CCC[C@H]2C(=O)N2CCC[C@H]2C(=O)N[C@@H](CCCCN)C(=O)N[C@@H](CC(=O)O)C(N)=O)NC(=O)CNC(=O)[C@H](Cc2c[nH]c3ccccc23)NC(=O)[C@H](CCCNC(=N)N)NC(=O)[C@@H](Cc2ccc3ccccc3c2)NC(=O)[C@H](Cc2c[nH]cn2)NC(=O)[C@H](CCC(=O)O)NC1=O. The number of carbonyl (C=O) groups excluding carboxylic acids is 13. The molecule has 3 fully saturated rings. The van der Waals surface area contributed by atoms with E-state index in [-0.39, 0.29) is 94.7 Å². The topological polar surface area (TPSA) is 594 Å². The second-order valence-electron chi connectivity index (χ2n) is 27.0. The number of aromatic amines is 2. The number of carbonyl (C=O) groups is 15. The van der Waals surface area contributed by atoms with Crippen LogP contribution in [0, 0.1) is 5.41 Å². The molecule has 38 nitrogen and oxygen atoms in total. The molecule has 13 amide bonds. The van der Waals surface area contributed by atoms with Crippen LogP contribution in [-0.2, 0) is 91.2 Å². The number of aliphatic carboxylic acids is 2. The van der Waals surface area contributed by atoms with E-state index in [2.05, 4.69) is 78.9 Å². The van der Waals surface area contributed by atoms with Crippen LogP contribution in [0.4, 0.5) is 0 Å². The number of amides is 13. The summed E-state index contributed by atoms with van der Waals surface area (Å²) in [5, 5.41) is 59.4. The smallest absolute Gasteiger partial charge is 0.305 e. The Labute approximate surface area is 644 Å². The third-order valence-electron chi connectivity index (χ3n) is 18.7. The zero-order valence-electron chi connectivity index (χ0n) is 60.9. The van der Waals surface area contributed by atoms with E-state index in [0.717, 1.165) is 39.3 Å². The minimum Gasteiger partial charge on any atom is -0.481 e. The second-order valence-corrected chi connectivity index (χ2v) is 29.6. The molecule has 0 spiro atoms. The highest BCUT2D eigenvalue weighted by Gasteiger charge is 2.44. The number of nitrogens with zero attached hydrogens (tertiary/aromatic N) is 3. The fourth-order valence-corrected chi connectivity index (χ4v) is 15.3. The number of benzene rings is 3. The summed E-state index contributed by atoms with van der Waals surface area (Å²) in [6.45, 7) is 0.700. The maximum Gasteiger partial charge on any atom is 0.305 e. The molecule has 0 bridgehead atoms. The second kappa shape index (κ2) is 42.0. The van der Waals surface area contributed by atoms with E-state index >= 15 is 14.4 Å². The van der Waals surface area contributed by atoms with E-state index in [9.17, 15) is 67.7 Å². The van der Waals surface area contributed by atoms with Crippen LogP contribution in [0.5, 0.6) is 0 Å². The number of hydrazine groups is 1. The van der Waals surface area contributed by atoms with E-state index in [1.54, 1.807) is 54.7 Å². The van der Waals surface area contributed by atoms with Crippen LogP contribution in [0.15, 0.2) is 85.5 Å². The van der Waals surface area contributed by atoms with E-state index in [1.165, 1.54) is 22.4 Å². The number of carboxylic acid groups (broad SMARTS) is 2. The fourth-order valence-electron chi connectivity index (χ4n) is 13.0. The minimum atomic E-state index is -1.71. The first-order valence-corrected chi connectivity index (χ1v) is 38.7. The van der Waals surface area contributed by atoms with Crippen molar-refractivity contribution in [2.45, 2.75) is 170 Å². The van der Waals surface area contributed by atoms with Gasteiger partial charge in [0.2, 0.25) is 70.9 Å². The monoisotopic (exact) mass is 1580 g/mol. The molecule has 11 atom stereocenters. The number of primary amides is 1. The molecule has 0 unspecified atom stereocenters. The van der Waals surface area contributed by atoms with Gasteiger partial charge in [0.1, 0.15) is 66.5 Å². The van der Waals surface area contributed by atoms with Gasteiger partial charge in [-0.05, 0) is 98.7 Å². The first kappa shape index (κ1) is 85.2. The first-order valence-electron chi connectivity index (χ1n) is 36.2. The number of unbranched alkanes of at least 4 members (excludes halogenated alkanes) is 1. The zero-order valence-corrected chi connectivity index (χ0v) is 62.5. The van der Waals surface area contributed by atoms with Crippen LogP contribution in [0.25, 0.3) is 21.7 Å². The molecule has 3 aromatic carbocycles. The maximum atomic E-state index is 15.2. The van der Waals surface area contributed by atoms with Crippen molar-refractivity contribution in [3.63, 3.8) is 0 Å². The lowest BCUT2D eigenvalue weighted by atomic mass is 9.99. The first-order chi connectivity index (χ1) is 53.1. The molecule has 598 valence electrons. The number of para-hydroxylation sites is 1. The molecule has 111 heavy (non-hydrogen) atoms. The number of imidazole rings is 1. The van der Waals surface area contributed by atoms with Gasteiger partial charge in [0.15, 0.2) is 5.96 Å². The largest absolute Gasteiger partial charge is 0.481 e. The predicted octanol–water partition coefficient (Wildman–Crippen LogP) is -3.33. The Kier molecular flexibility index (Phi) is 32.2. The summed E-state index contributed by atoms with van der Waals surface area (Å²) in [5.74, 6) is -15.5. The number of likely N-dealkylation sites (tertiary alicyclic amines) is 1. The van der Waals surface area contributed by atoms with Crippen LogP contribution in [0.1, 0.15) is 101 Å². The number of hydrogen-bond donors (Lipinski definition) is 20. The summed E-state index contributed by atoms with van der Waals surface area (Å²) < 4.78 is 0. The number of rotatable bonds is 28. The van der Waals surface area contributed by atoms with Gasteiger partial charge in [-0.3, -0.25) is 82.8 Å². The summed E-state index contributed by atoms with van der Waals surface area (Å²) in [6.07, 6.45) is 3.19. The Bertz CT molecular complexity index is 4210. The lowest BCUT2D eigenvalue weighted by Crippen LogP contribution is -2.61. The lowest BCUT2D eigenvalue weighted by Gasteiger charge is -2.32. The molecule has 0 radical (unpaired) electrons. The minimum absolute atomic E-state index is 0.0174. The van der Waals surface area contributed by atoms with Crippen molar-refractivity contribution in [1.82, 2.24) is 88.8 Å². The molecule has 23 N–H and O–H groups in total. The predicted molar refractivity (Wildman–Crippen MR) is 406 cm³/mol. The van der Waals surface area contributed by atoms with Crippen LogP contribution in [0.2, 0.25) is 0 Å². The van der Waals surface area contributed by atoms with Crippen molar-refractivity contribution in [2.24, 2.45) is 17.2 Å². The number of nitrogens with one attached hydrogen (secondary N) is 15. The third-order valence-corrected chi connectivity index (χ3v) is 21.1. The standard InChI is InChI=1S/C71H95N21O17S2/c1-38(93)81-53-35-110-111-36-54(68(107)90-92-26-10-18-56(92)70(109)91-25-9-17-55(91)69(108)85-46(15-6-7-23-72)62(101)86-49(60(73)99)31-59(97)98)82-57(94)34-79-61(100)51(29-42-32-78-45-14-5-4-13-44(42)45)88-63(102)47(16-8-24-77-71(74)75)83-65(104)50(28-39-19-20-40-11-2-3-12-41(40)27-39)87-66(105)52(30-43-33-76-37-80-43)89-64(103)48(84-67(53)106)21-22-58(95)96/h2-5,11-14,19-20,27,32-33,37,46-56,78H,6-10,15-18,21-26,28-31,34-36,72H2,1H3,(H2,73,99)(H,76,80)(H,79,100)(H,81,93)(H,82,94)(H,83,104)(H,84,106)(H,85,108)(H,86,101)(H,87,105)(H,88,102)(H,89,103)(H,90,107)(H,95,96)(H,97,98)(H4,74,75,77)/t46-,47-,48-,49-,50+,51-,52-,53-,54-,55-,56-/m0/s1. The van der Waals surface area contributed by atoms with Gasteiger partial charge in [-0.1, -0.05) is 82.3 Å². The van der Waals surface area contributed by atoms with Crippen molar-refractivity contribution in [3.05, 3.63) is 102 Å². The number of carboxylic acids is 2. The number of aromatic nitrogens is 3. The summed E-state index contributed by atoms with van der Waals surface area (Å²) in [7, 11) is 1.83. The molecule has 5 heterocycles. The van der Waals surface area contributed by atoms with E-state index in [4.69, 9.17) is 22.6 Å². The molecule has 5 aromatic rings. The Morgan fingerprint density at radius 3 is 2.00 bits per heavy atom. The Morgan fingerprint density at radius 1 is 0.667 bits per heavy atom. The van der Waals surface area contributed by atoms with Gasteiger partial charge in [-0.25, -0.2) is 9.99 Å². The van der Waals surface area contributed by atoms with Gasteiger partial charge < -0.3 is 101 Å². The quantitative estimate of drug-likeness (QED) is 0.0101. The molecule has 0 aliphatic carbocycles. The Morgan fingerprint density at radius 2 is 1.32 bits per heavy atom. The maximum absolute atomic E-state index is 15.2. The molecule has 40 heteroatoms. The van der Waals surface area contributed by atoms with Gasteiger partial charge in [0.25, 0.3) is 5.91 Å². The summed E-state index contributed by atoms with van der Waals surface area (Å²) in [6, 6.07) is 3.68. The zero-order chi connectivity index (χ0) is 80.3. The van der Waals surface area contributed by atoms with Crippen molar-refractivity contribution in [3.8, 4) is 0 Å². The molecule has 0 saturated carbocycles. The lowest BCUT2D eigenvalue weighted by molar-refractivity contribution is -0.145. The van der Waals surface area contributed by atoms with E-state index < -0.39 is 187 Å². The average molecular weight is 1580 g/mol. The van der Waals surface area contributed by atoms with Crippen molar-refractivity contribution in [1.29, 1.82) is 5.41 Å². The number of H-pyrrole nitrogens is 2. The average Bonchev–Trinajstić information content (AvgIpc) is 1.75. The van der Waals surface area contributed by atoms with Crippen LogP contribution in [-0.4, -0.2) is 240 Å². The van der Waals surface area contributed by atoms with Crippen LogP contribution < -0.4 is 81.1 Å². The molecule has 3 aliphatic heterocycles. The number of fused-ring (bicyclic) bond motifs is 2. The van der Waals surface area contributed by atoms with Gasteiger partial charge in [-0.15, -0.1) is 0 Å². The van der Waals surface area contributed by atoms with Crippen LogP contribution in [0.3, 0.4) is 0 Å². The van der Waals surface area contributed by atoms with Gasteiger partial charge >= 0.3 is 11.9 Å². The van der Waals surface area contributed by atoms with Crippen LogP contribution >= 0.6 is 21.6 Å². The molecule has 3 aliphatic rings. The number of nitrogens with two attached hydrogens (primary N) is 3. The molecular formula is C71H95N21O17S2. The number of hydrogen-bond acceptors (Lipinski definition) is 21. The third kappa shape index (κ3) is 25.9. The highest BCUT2D eigenvalue weighted by atomic mass is 33.1. The van der Waals surface area contributed by atoms with Gasteiger partial charge in [-0.2, -0.15) is 0 Å². The van der Waals surface area contributed by atoms with Crippen molar-refractivity contribution in [2.75, 3.05) is 44.2 Å². The van der Waals surface area contributed by atoms with E-state index in [0.29, 0.717) is 47.7 Å². The summed E-state index contributed by atoms with van der Waals surface area (Å²) >= 11 is 0. The molecule has 2 aromatic heterocycles. The highest BCUT2D eigenvalue weighted by molar-refractivity contribution is 8.76. The summed E-state index contributed by atoms with van der Waals surface area (Å²) in [5.41, 5.74) is 21.4. The molecular weight excluding hydrogens is 1480 g/mol. The Balaban J connectivity index is 1.11. The molecule has 8 rings (SSSR count). The Hall–Kier alpha value is -11.4.